The molecule has 4 heteroatoms. The van der Waals surface area contributed by atoms with Crippen LogP contribution >= 0.6 is 0 Å². The molecule has 0 aliphatic rings. The van der Waals surface area contributed by atoms with E-state index in [9.17, 15) is 4.79 Å². The number of carbonyl (C=O) groups is 1. The van der Waals surface area contributed by atoms with Gasteiger partial charge in [0.2, 0.25) is 5.91 Å². The van der Waals surface area contributed by atoms with Gasteiger partial charge in [0.25, 0.3) is 0 Å². The van der Waals surface area contributed by atoms with Crippen LogP contribution in [0.3, 0.4) is 0 Å². The third kappa shape index (κ3) is 22.7. The van der Waals surface area contributed by atoms with Gasteiger partial charge >= 0.3 is 0 Å². The van der Waals surface area contributed by atoms with E-state index in [4.69, 9.17) is 0 Å². The van der Waals surface area contributed by atoms with Crippen LogP contribution in [0.1, 0.15) is 68.2 Å². The van der Waals surface area contributed by atoms with E-state index < -0.39 is 0 Å². The minimum Gasteiger partial charge on any atom is -0.350 e. The van der Waals surface area contributed by atoms with Crippen LogP contribution in [0.2, 0.25) is 0 Å². The maximum atomic E-state index is 10.4. The van der Waals surface area contributed by atoms with E-state index in [1.54, 1.807) is 0 Å². The minimum absolute atomic E-state index is 0.111. The Kier molecular flexibility index (Phi) is 24.5. The molecule has 4 nitrogen and oxygen atoms in total. The number of nitrogens with one attached hydrogen (secondary N) is 1. The van der Waals surface area contributed by atoms with E-state index in [1.165, 1.54) is 32.0 Å². The predicted octanol–water partition coefficient (Wildman–Crippen LogP) is 5.28. The summed E-state index contributed by atoms with van der Waals surface area (Å²) in [6.07, 6.45) is 7.66. The van der Waals surface area contributed by atoms with Crippen molar-refractivity contribution >= 4 is 5.91 Å². The third-order valence-corrected chi connectivity index (χ3v) is 3.83. The van der Waals surface area contributed by atoms with Gasteiger partial charge in [0.1, 0.15) is 0 Å². The number of carbonyl (C=O) groups excluding carboxylic acids is 1. The van der Waals surface area contributed by atoms with Gasteiger partial charge < -0.3 is 10.2 Å². The lowest BCUT2D eigenvalue weighted by atomic mass is 10.3. The summed E-state index contributed by atoms with van der Waals surface area (Å²) >= 11 is 0. The topological polar surface area (TPSA) is 35.6 Å². The van der Waals surface area contributed by atoms with Crippen LogP contribution in [0.15, 0.2) is 38.0 Å². The van der Waals surface area contributed by atoms with Gasteiger partial charge in [0.15, 0.2) is 0 Å². The second kappa shape index (κ2) is 21.9. The van der Waals surface area contributed by atoms with Crippen molar-refractivity contribution in [2.24, 2.45) is 0 Å². The van der Waals surface area contributed by atoms with E-state index in [1.807, 2.05) is 26.0 Å². The smallest absolute Gasteiger partial charge is 0.243 e. The summed E-state index contributed by atoms with van der Waals surface area (Å²) in [5, 5.41) is 2.64. The Hall–Kier alpha value is -1.39. The van der Waals surface area contributed by atoms with Crippen LogP contribution in [0.25, 0.3) is 0 Å². The standard InChI is InChI=1S/C9H21N.C9H17N.C6H11NO/c2*1-5-7-10(8-6-2)9(3)4;1-4-6(8)7-5(2)3/h9H,5-8H2,1-4H3;5-6,9H,1-2,7-8H2,3-4H3;4-5H,1H2,2-3H3,(H,7,8). The molecule has 0 aromatic carbocycles. The quantitative estimate of drug-likeness (QED) is 0.360. The van der Waals surface area contributed by atoms with Crippen molar-refractivity contribution in [2.75, 3.05) is 26.2 Å². The van der Waals surface area contributed by atoms with E-state index in [-0.39, 0.29) is 11.9 Å². The van der Waals surface area contributed by atoms with Crippen molar-refractivity contribution in [2.45, 2.75) is 86.4 Å². The van der Waals surface area contributed by atoms with Gasteiger partial charge in [-0.05, 0) is 73.5 Å². The Morgan fingerprint density at radius 1 is 0.821 bits per heavy atom. The number of nitrogens with zero attached hydrogens (tertiary/aromatic N) is 2. The molecule has 0 aromatic heterocycles. The molecule has 0 radical (unpaired) electrons. The Bertz CT molecular complexity index is 373. The van der Waals surface area contributed by atoms with Crippen molar-refractivity contribution in [3.63, 3.8) is 0 Å². The molecule has 0 heterocycles. The molecule has 1 N–H and O–H groups in total. The highest BCUT2D eigenvalue weighted by Crippen LogP contribution is 2.00. The van der Waals surface area contributed by atoms with E-state index in [0.29, 0.717) is 6.04 Å². The second-order valence-electron chi connectivity index (χ2n) is 7.62. The maximum absolute atomic E-state index is 10.4. The molecule has 0 fully saturated rings. The van der Waals surface area contributed by atoms with Crippen LogP contribution in [0.5, 0.6) is 0 Å². The van der Waals surface area contributed by atoms with Gasteiger partial charge in [0.05, 0.1) is 0 Å². The van der Waals surface area contributed by atoms with Crippen LogP contribution in [0.4, 0.5) is 0 Å². The third-order valence-electron chi connectivity index (χ3n) is 3.83. The Balaban J connectivity index is -0.000000337. The first kappa shape index (κ1) is 31.3. The van der Waals surface area contributed by atoms with Gasteiger partial charge in [-0.15, -0.1) is 13.2 Å². The summed E-state index contributed by atoms with van der Waals surface area (Å²) in [4.78, 5) is 15.2. The van der Waals surface area contributed by atoms with Crippen LogP contribution in [-0.2, 0) is 4.79 Å². The lowest BCUT2D eigenvalue weighted by molar-refractivity contribution is -0.116. The summed E-state index contributed by atoms with van der Waals surface area (Å²) < 4.78 is 0. The molecule has 0 bridgehead atoms. The minimum atomic E-state index is -0.111. The highest BCUT2D eigenvalue weighted by Gasteiger charge is 2.05. The highest BCUT2D eigenvalue weighted by molar-refractivity contribution is 5.86. The maximum Gasteiger partial charge on any atom is 0.243 e. The molecule has 166 valence electrons. The first-order valence-corrected chi connectivity index (χ1v) is 10.7. The molecular weight excluding hydrogens is 346 g/mol. The highest BCUT2D eigenvalue weighted by atomic mass is 16.1. The summed E-state index contributed by atoms with van der Waals surface area (Å²) in [5.74, 6) is -0.111. The van der Waals surface area contributed by atoms with E-state index in [2.05, 4.69) is 76.4 Å². The van der Waals surface area contributed by atoms with Crippen LogP contribution in [0, 0.1) is 0 Å². The molecule has 0 saturated heterocycles. The van der Waals surface area contributed by atoms with Gasteiger partial charge in [-0.1, -0.05) is 32.6 Å². The van der Waals surface area contributed by atoms with E-state index >= 15 is 0 Å². The van der Waals surface area contributed by atoms with Crippen LogP contribution < -0.4 is 5.32 Å². The molecule has 0 saturated carbocycles. The Labute approximate surface area is 176 Å². The van der Waals surface area contributed by atoms with Crippen molar-refractivity contribution in [1.29, 1.82) is 0 Å². The first-order valence-electron chi connectivity index (χ1n) is 10.7. The zero-order chi connectivity index (χ0) is 22.5. The van der Waals surface area contributed by atoms with Crippen molar-refractivity contribution in [1.82, 2.24) is 15.1 Å². The predicted molar refractivity (Wildman–Crippen MR) is 128 cm³/mol. The molecule has 28 heavy (non-hydrogen) atoms. The number of rotatable bonds is 12. The monoisotopic (exact) mass is 395 g/mol. The molecular formula is C24H49N3O. The van der Waals surface area contributed by atoms with Crippen molar-refractivity contribution in [3.8, 4) is 0 Å². The summed E-state index contributed by atoms with van der Waals surface area (Å²) in [6, 6.07) is 1.51. The Morgan fingerprint density at radius 2 is 1.21 bits per heavy atom. The Morgan fingerprint density at radius 3 is 1.39 bits per heavy atom. The average Bonchev–Trinajstić information content (AvgIpc) is 2.61. The van der Waals surface area contributed by atoms with Gasteiger partial charge in [-0.3, -0.25) is 9.69 Å². The molecule has 0 rings (SSSR count). The largest absolute Gasteiger partial charge is 0.350 e. The molecule has 0 atom stereocenters. The number of amides is 1. The van der Waals surface area contributed by atoms with Crippen molar-refractivity contribution in [3.05, 3.63) is 38.0 Å². The van der Waals surface area contributed by atoms with E-state index in [0.717, 1.165) is 19.1 Å². The van der Waals surface area contributed by atoms with Crippen molar-refractivity contribution < 1.29 is 4.79 Å². The fourth-order valence-electron chi connectivity index (χ4n) is 2.37. The average molecular weight is 396 g/mol. The molecule has 0 unspecified atom stereocenters. The van der Waals surface area contributed by atoms with Gasteiger partial charge in [0, 0.05) is 31.2 Å². The first-order chi connectivity index (χ1) is 13.1. The molecule has 0 aliphatic carbocycles. The second-order valence-corrected chi connectivity index (χ2v) is 7.62. The molecule has 0 aliphatic heterocycles. The summed E-state index contributed by atoms with van der Waals surface area (Å²) in [5.41, 5.74) is 0. The SMILES string of the molecule is C=CC(=O)NC(C)C.C=CCN(CC=C)C(C)C.CCCN(CCC)C(C)C. The summed E-state index contributed by atoms with van der Waals surface area (Å²) in [7, 11) is 0. The molecule has 1 amide bonds. The number of hydrogen-bond acceptors (Lipinski definition) is 3. The molecule has 0 aromatic rings. The lowest BCUT2D eigenvalue weighted by Gasteiger charge is -2.24. The fourth-order valence-corrected chi connectivity index (χ4v) is 2.37. The zero-order valence-electron chi connectivity index (χ0n) is 20.1. The fraction of sp³-hybridized carbons (Fsp3) is 0.708. The normalized spacial score (nSPS) is 10.3. The lowest BCUT2D eigenvalue weighted by Crippen LogP contribution is -2.32. The van der Waals surface area contributed by atoms with Gasteiger partial charge in [-0.2, -0.15) is 0 Å². The van der Waals surface area contributed by atoms with Crippen LogP contribution in [-0.4, -0.2) is 60.0 Å². The number of hydrogen-bond donors (Lipinski definition) is 1. The van der Waals surface area contributed by atoms with Gasteiger partial charge in [-0.25, -0.2) is 0 Å². The molecule has 0 spiro atoms. The summed E-state index contributed by atoms with van der Waals surface area (Å²) in [6.45, 7) is 32.3. The zero-order valence-corrected chi connectivity index (χ0v) is 20.1.